The molecule has 0 saturated heterocycles. The van der Waals surface area contributed by atoms with Gasteiger partial charge in [0.2, 0.25) is 5.69 Å². The largest absolute Gasteiger partial charge is 0.455 e. The molecule has 0 radical (unpaired) electrons. The quantitative estimate of drug-likeness (QED) is 0.432. The van der Waals surface area contributed by atoms with E-state index in [2.05, 4.69) is 12.1 Å². The van der Waals surface area contributed by atoms with Crippen LogP contribution in [-0.2, 0) is 7.05 Å². The Morgan fingerprint density at radius 3 is 2.63 bits per heavy atom. The lowest BCUT2D eigenvalue weighted by molar-refractivity contribution is -0.660. The topological polar surface area (TPSA) is 40.8 Å². The lowest BCUT2D eigenvalue weighted by atomic mass is 9.94. The summed E-state index contributed by atoms with van der Waals surface area (Å²) in [5, 5.41) is 11.4. The first-order valence-electron chi connectivity index (χ1n) is 10.0. The maximum absolute atomic E-state index is 9.61. The summed E-state index contributed by atoms with van der Waals surface area (Å²) < 4.78 is 25.0. The molecule has 0 fully saturated rings. The van der Waals surface area contributed by atoms with Crippen LogP contribution in [0.25, 0.3) is 33.2 Å². The Morgan fingerprint density at radius 1 is 1.15 bits per heavy atom. The van der Waals surface area contributed by atoms with Gasteiger partial charge in [-0.05, 0) is 48.6 Å². The zero-order valence-electron chi connectivity index (χ0n) is 18.3. The molecule has 0 aliphatic carbocycles. The van der Waals surface area contributed by atoms with Crippen LogP contribution in [0, 0.1) is 25.2 Å². The first-order valence-corrected chi connectivity index (χ1v) is 9.00. The average molecular weight is 357 g/mol. The summed E-state index contributed by atoms with van der Waals surface area (Å²) in [7, 11) is 1.85. The Balaban J connectivity index is 2.19. The molecule has 0 N–H and O–H groups in total. The third-order valence-electron chi connectivity index (χ3n) is 5.19. The first kappa shape index (κ1) is 15.0. The van der Waals surface area contributed by atoms with Crippen molar-refractivity contribution in [2.45, 2.75) is 33.6 Å². The van der Waals surface area contributed by atoms with Crippen molar-refractivity contribution in [1.82, 2.24) is 0 Å². The van der Waals surface area contributed by atoms with Crippen LogP contribution < -0.4 is 4.57 Å². The zero-order valence-corrected chi connectivity index (χ0v) is 16.3. The lowest BCUT2D eigenvalue weighted by Gasteiger charge is -2.10. The minimum absolute atomic E-state index is 0.333. The van der Waals surface area contributed by atoms with Gasteiger partial charge in [-0.3, -0.25) is 0 Å². The van der Waals surface area contributed by atoms with E-state index >= 15 is 0 Å². The molecule has 2 heterocycles. The summed E-state index contributed by atoms with van der Waals surface area (Å²) in [6.45, 7) is 7.71. The highest BCUT2D eigenvalue weighted by Crippen LogP contribution is 2.40. The molecule has 0 atom stereocenters. The fourth-order valence-corrected chi connectivity index (χ4v) is 3.81. The molecular formula is C24H23N2O+. The van der Waals surface area contributed by atoms with Crippen LogP contribution in [0.15, 0.2) is 47.0 Å². The smallest absolute Gasteiger partial charge is 0.216 e. The number of pyridine rings is 1. The lowest BCUT2D eigenvalue weighted by Crippen LogP contribution is -2.31. The van der Waals surface area contributed by atoms with E-state index in [1.54, 1.807) is 12.1 Å². The SMILES string of the molecule is [2H]c1cc(C([2H])(C)C)cc(-c2c(C)cc(C)c3c2oc2cccc(C#N)c23)[n+]1C. The average Bonchev–Trinajstić information content (AvgIpc) is 3.03. The molecule has 0 bridgehead atoms. The monoisotopic (exact) mass is 357 g/mol. The van der Waals surface area contributed by atoms with Gasteiger partial charge >= 0.3 is 0 Å². The summed E-state index contributed by atoms with van der Waals surface area (Å²) in [6, 6.07) is 13.6. The number of fused-ring (bicyclic) bond motifs is 3. The molecule has 0 saturated carbocycles. The van der Waals surface area contributed by atoms with E-state index in [4.69, 9.17) is 7.16 Å². The summed E-state index contributed by atoms with van der Waals surface area (Å²) in [5.41, 5.74) is 6.56. The standard InChI is InChI=1S/C24H23N2O/c1-14(2)17-9-10-26(5)19(12-17)21-15(3)11-16(4)22-23-18(13-25)7-6-8-20(23)27-24(21)22/h6-12,14H,1-5H3/q+1/i10D,14D. The molecule has 3 nitrogen and oxygen atoms in total. The fraction of sp³-hybridized carbons (Fsp3) is 0.250. The van der Waals surface area contributed by atoms with Crippen molar-refractivity contribution >= 4 is 21.9 Å². The number of hydrogen-bond acceptors (Lipinski definition) is 2. The molecular weight excluding hydrogens is 332 g/mol. The minimum Gasteiger partial charge on any atom is -0.455 e. The van der Waals surface area contributed by atoms with Gasteiger partial charge in [0.15, 0.2) is 6.17 Å². The number of aromatic nitrogens is 1. The minimum atomic E-state index is -0.821. The molecule has 0 unspecified atom stereocenters. The Kier molecular flexibility index (Phi) is 3.47. The summed E-state index contributed by atoms with van der Waals surface area (Å²) in [4.78, 5) is 0. The van der Waals surface area contributed by atoms with E-state index in [9.17, 15) is 5.26 Å². The third-order valence-corrected chi connectivity index (χ3v) is 5.19. The van der Waals surface area contributed by atoms with Gasteiger partial charge in [-0.15, -0.1) is 0 Å². The van der Waals surface area contributed by atoms with E-state index in [0.29, 0.717) is 17.3 Å². The number of nitriles is 1. The summed E-state index contributed by atoms with van der Waals surface area (Å²) in [6.07, 6.45) is 0.333. The maximum atomic E-state index is 9.61. The highest BCUT2D eigenvalue weighted by Gasteiger charge is 2.23. The van der Waals surface area contributed by atoms with Gasteiger partial charge in [0.25, 0.3) is 0 Å². The Morgan fingerprint density at radius 2 is 1.93 bits per heavy atom. The molecule has 0 aliphatic heterocycles. The zero-order chi connectivity index (χ0) is 21.1. The second kappa shape index (κ2) is 6.25. The van der Waals surface area contributed by atoms with E-state index in [1.807, 2.05) is 57.5 Å². The number of rotatable bonds is 2. The van der Waals surface area contributed by atoms with Crippen molar-refractivity contribution in [3.05, 3.63) is 64.8 Å². The molecule has 2 aromatic heterocycles. The highest BCUT2D eigenvalue weighted by molar-refractivity contribution is 6.13. The van der Waals surface area contributed by atoms with Crippen LogP contribution >= 0.6 is 0 Å². The molecule has 0 spiro atoms. The van der Waals surface area contributed by atoms with Gasteiger partial charge in [0, 0.05) is 24.3 Å². The first-order chi connectivity index (χ1) is 13.6. The number of hydrogen-bond donors (Lipinski definition) is 0. The Labute approximate surface area is 162 Å². The Bertz CT molecular complexity index is 1340. The van der Waals surface area contributed by atoms with Gasteiger partial charge in [0.05, 0.1) is 17.2 Å². The molecule has 0 aliphatic rings. The second-order valence-corrected chi connectivity index (χ2v) is 7.30. The predicted molar refractivity (Wildman–Crippen MR) is 109 cm³/mol. The third kappa shape index (κ3) is 2.61. The van der Waals surface area contributed by atoms with Crippen molar-refractivity contribution < 1.29 is 11.7 Å². The molecule has 27 heavy (non-hydrogen) atoms. The molecule has 0 amide bonds. The van der Waals surface area contributed by atoms with Crippen LogP contribution in [0.1, 0.15) is 44.7 Å². The number of benzene rings is 2. The van der Waals surface area contributed by atoms with Gasteiger partial charge in [-0.25, -0.2) is 4.57 Å². The van der Waals surface area contributed by atoms with Crippen LogP contribution in [0.5, 0.6) is 0 Å². The van der Waals surface area contributed by atoms with Gasteiger partial charge in [0.1, 0.15) is 19.6 Å². The summed E-state index contributed by atoms with van der Waals surface area (Å²) >= 11 is 0. The highest BCUT2D eigenvalue weighted by atomic mass is 16.3. The van der Waals surface area contributed by atoms with Crippen molar-refractivity contribution in [3.8, 4) is 17.3 Å². The van der Waals surface area contributed by atoms with Crippen LogP contribution in [-0.4, -0.2) is 0 Å². The number of furan rings is 1. The number of nitrogens with zero attached hydrogens (tertiary/aromatic N) is 2. The second-order valence-electron chi connectivity index (χ2n) is 7.30. The van der Waals surface area contributed by atoms with E-state index in [1.165, 1.54) is 0 Å². The van der Waals surface area contributed by atoms with Crippen molar-refractivity contribution in [1.29, 1.82) is 5.26 Å². The van der Waals surface area contributed by atoms with E-state index in [0.717, 1.165) is 44.3 Å². The summed E-state index contributed by atoms with van der Waals surface area (Å²) in [5.74, 6) is -0.821. The van der Waals surface area contributed by atoms with Crippen molar-refractivity contribution in [2.75, 3.05) is 0 Å². The van der Waals surface area contributed by atoms with Crippen LogP contribution in [0.3, 0.4) is 0 Å². The molecule has 2 aromatic carbocycles. The van der Waals surface area contributed by atoms with Gasteiger partial charge < -0.3 is 4.42 Å². The van der Waals surface area contributed by atoms with Crippen molar-refractivity contribution in [3.63, 3.8) is 0 Å². The Hall–Kier alpha value is -3.12. The van der Waals surface area contributed by atoms with Crippen LogP contribution in [0.4, 0.5) is 0 Å². The van der Waals surface area contributed by atoms with Crippen LogP contribution in [0.2, 0.25) is 0 Å². The molecule has 134 valence electrons. The fourth-order valence-electron chi connectivity index (χ4n) is 3.81. The molecule has 4 rings (SSSR count). The number of aryl methyl sites for hydroxylation is 2. The maximum Gasteiger partial charge on any atom is 0.216 e. The molecule has 3 heteroatoms. The normalized spacial score (nSPS) is 12.9. The van der Waals surface area contributed by atoms with Gasteiger partial charge in [-0.2, -0.15) is 5.26 Å². The molecule has 4 aromatic rings. The van der Waals surface area contributed by atoms with E-state index < -0.39 is 5.89 Å². The van der Waals surface area contributed by atoms with Crippen molar-refractivity contribution in [2.24, 2.45) is 7.05 Å². The van der Waals surface area contributed by atoms with E-state index in [-0.39, 0.29) is 0 Å². The predicted octanol–water partition coefficient (Wildman–Crippen LogP) is 5.69. The van der Waals surface area contributed by atoms with Gasteiger partial charge in [-0.1, -0.05) is 26.0 Å².